The quantitative estimate of drug-likeness (QED) is 0.208. The first-order valence-electron chi connectivity index (χ1n) is 18.0. The molecular formula is C38H60O9. The molecule has 6 rings (SSSR count). The molecular weight excluding hydrogens is 600 g/mol. The molecule has 266 valence electrons. The standard InChI is InChI=1S/C38H60O9/c1-33(2)16-18-38(32(43)45-9)19-17-36(6)21(22(38)20-33)10-11-24-35(5)14-13-25(34(3,4)23(35)12-15-37(24,36)7)46-31-28(41)26(39)27(40)29(47-31)30(42)44-8/h10,22-29,31,39-41H,11-20H2,1-9H3/t22-,23-,24+,25-,26?,27?,28?,29?,31?,35-,36+,37+,38-/m0/s1. The van der Waals surface area contributed by atoms with E-state index in [0.717, 1.165) is 64.2 Å². The van der Waals surface area contributed by atoms with Crippen LogP contribution in [0.1, 0.15) is 113 Å². The summed E-state index contributed by atoms with van der Waals surface area (Å²) in [5.74, 6) is 0.175. The molecule has 5 unspecified atom stereocenters. The summed E-state index contributed by atoms with van der Waals surface area (Å²) < 4.78 is 22.5. The SMILES string of the molecule is COC(=O)C1OC(O[C@H]2CC[C@]3(C)[C@H]4CC=C5[C@@H]6CC(C)(C)CC[C@]6(C(=O)OC)CC[C@@]5(C)[C@]4(C)CC[C@H]3C2(C)C)C(O)C(O)C1O. The van der Waals surface area contributed by atoms with Crippen LogP contribution in [0, 0.1) is 50.2 Å². The fraction of sp³-hybridized carbons (Fsp3) is 0.895. The number of aliphatic hydroxyl groups excluding tert-OH is 3. The third kappa shape index (κ3) is 4.94. The number of aliphatic hydroxyl groups is 3. The van der Waals surface area contributed by atoms with Crippen molar-refractivity contribution in [3.8, 4) is 0 Å². The van der Waals surface area contributed by atoms with Gasteiger partial charge in [-0.2, -0.15) is 0 Å². The molecule has 5 fully saturated rings. The molecule has 0 radical (unpaired) electrons. The lowest BCUT2D eigenvalue weighted by Crippen LogP contribution is -2.66. The molecule has 0 aromatic rings. The molecule has 3 N–H and O–H groups in total. The molecule has 4 saturated carbocycles. The third-order valence-corrected chi connectivity index (χ3v) is 15.5. The van der Waals surface area contributed by atoms with E-state index in [9.17, 15) is 24.9 Å². The van der Waals surface area contributed by atoms with Crippen molar-refractivity contribution in [1.29, 1.82) is 0 Å². The molecule has 0 aromatic carbocycles. The third-order valence-electron chi connectivity index (χ3n) is 15.5. The lowest BCUT2D eigenvalue weighted by molar-refractivity contribution is -0.324. The number of allylic oxidation sites excluding steroid dienone is 2. The van der Waals surface area contributed by atoms with Gasteiger partial charge >= 0.3 is 11.9 Å². The maximum atomic E-state index is 13.5. The number of carbonyl (C=O) groups excluding carboxylic acids is 2. The molecule has 47 heavy (non-hydrogen) atoms. The fourth-order valence-corrected chi connectivity index (χ4v) is 12.5. The van der Waals surface area contributed by atoms with Crippen LogP contribution in [0.2, 0.25) is 0 Å². The van der Waals surface area contributed by atoms with Crippen molar-refractivity contribution >= 4 is 11.9 Å². The molecule has 6 aliphatic rings. The molecule has 0 amide bonds. The van der Waals surface area contributed by atoms with Gasteiger partial charge in [-0.3, -0.25) is 4.79 Å². The molecule has 1 heterocycles. The Bertz CT molecular complexity index is 1290. The minimum Gasteiger partial charge on any atom is -0.469 e. The molecule has 9 nitrogen and oxygen atoms in total. The van der Waals surface area contributed by atoms with E-state index in [0.29, 0.717) is 11.8 Å². The zero-order valence-electron chi connectivity index (χ0n) is 30.1. The second kappa shape index (κ2) is 11.5. The molecule has 0 bridgehead atoms. The highest BCUT2D eigenvalue weighted by molar-refractivity contribution is 5.78. The summed E-state index contributed by atoms with van der Waals surface area (Å²) in [5.41, 5.74) is 1.11. The zero-order chi connectivity index (χ0) is 34.5. The summed E-state index contributed by atoms with van der Waals surface area (Å²) >= 11 is 0. The first-order valence-corrected chi connectivity index (χ1v) is 18.0. The van der Waals surface area contributed by atoms with Gasteiger partial charge in [0.25, 0.3) is 0 Å². The fourth-order valence-electron chi connectivity index (χ4n) is 12.5. The second-order valence-corrected chi connectivity index (χ2v) is 18.3. The van der Waals surface area contributed by atoms with Gasteiger partial charge in [-0.25, -0.2) is 4.79 Å². The largest absolute Gasteiger partial charge is 0.469 e. The molecule has 1 saturated heterocycles. The van der Waals surface area contributed by atoms with Crippen LogP contribution in [0.5, 0.6) is 0 Å². The lowest BCUT2D eigenvalue weighted by atomic mass is 9.33. The number of hydrogen-bond acceptors (Lipinski definition) is 9. The van der Waals surface area contributed by atoms with Crippen molar-refractivity contribution in [3.63, 3.8) is 0 Å². The van der Waals surface area contributed by atoms with Crippen LogP contribution in [0.3, 0.4) is 0 Å². The number of rotatable bonds is 4. The van der Waals surface area contributed by atoms with Gasteiger partial charge in [-0.05, 0) is 109 Å². The maximum Gasteiger partial charge on any atom is 0.337 e. The predicted molar refractivity (Wildman–Crippen MR) is 175 cm³/mol. The normalized spacial score (nSPS) is 50.0. The van der Waals surface area contributed by atoms with Gasteiger partial charge in [-0.15, -0.1) is 0 Å². The average Bonchev–Trinajstić information content (AvgIpc) is 3.01. The molecule has 13 atom stereocenters. The van der Waals surface area contributed by atoms with Crippen molar-refractivity contribution in [1.82, 2.24) is 0 Å². The van der Waals surface area contributed by atoms with Crippen molar-refractivity contribution in [2.24, 2.45) is 50.2 Å². The van der Waals surface area contributed by atoms with Crippen LogP contribution in [0.4, 0.5) is 0 Å². The van der Waals surface area contributed by atoms with Crippen molar-refractivity contribution < 1.29 is 43.9 Å². The number of ether oxygens (including phenoxy) is 4. The highest BCUT2D eigenvalue weighted by Gasteiger charge is 2.69. The Labute approximate surface area is 281 Å². The highest BCUT2D eigenvalue weighted by atomic mass is 16.7. The van der Waals surface area contributed by atoms with Gasteiger partial charge in [0.05, 0.1) is 25.7 Å². The van der Waals surface area contributed by atoms with E-state index >= 15 is 0 Å². The zero-order valence-corrected chi connectivity index (χ0v) is 30.1. The summed E-state index contributed by atoms with van der Waals surface area (Å²) in [6.45, 7) is 16.8. The summed E-state index contributed by atoms with van der Waals surface area (Å²) in [6, 6.07) is 0. The van der Waals surface area contributed by atoms with Gasteiger partial charge in [0.2, 0.25) is 0 Å². The maximum absolute atomic E-state index is 13.5. The van der Waals surface area contributed by atoms with E-state index in [2.05, 4.69) is 54.5 Å². The lowest BCUT2D eigenvalue weighted by Gasteiger charge is -2.71. The summed E-state index contributed by atoms with van der Waals surface area (Å²) in [5, 5.41) is 31.8. The minimum absolute atomic E-state index is 0.00306. The van der Waals surface area contributed by atoms with Gasteiger partial charge in [-0.1, -0.05) is 60.1 Å². The van der Waals surface area contributed by atoms with Crippen molar-refractivity contribution in [2.75, 3.05) is 14.2 Å². The van der Waals surface area contributed by atoms with Gasteiger partial charge in [0.15, 0.2) is 12.4 Å². The smallest absolute Gasteiger partial charge is 0.337 e. The summed E-state index contributed by atoms with van der Waals surface area (Å²) in [6.07, 6.45) is 4.53. The second-order valence-electron chi connectivity index (χ2n) is 18.3. The Morgan fingerprint density at radius 2 is 1.49 bits per heavy atom. The Kier molecular flexibility index (Phi) is 8.65. The van der Waals surface area contributed by atoms with E-state index < -0.39 is 42.1 Å². The predicted octanol–water partition coefficient (Wildman–Crippen LogP) is 5.33. The Morgan fingerprint density at radius 3 is 2.15 bits per heavy atom. The number of methoxy groups -OCH3 is 2. The topological polar surface area (TPSA) is 132 Å². The first kappa shape index (κ1) is 35.3. The van der Waals surface area contributed by atoms with Crippen LogP contribution in [-0.4, -0.2) is 78.3 Å². The first-order chi connectivity index (χ1) is 21.8. The number of fused-ring (bicyclic) bond motifs is 7. The van der Waals surface area contributed by atoms with E-state index in [1.165, 1.54) is 12.7 Å². The van der Waals surface area contributed by atoms with Crippen molar-refractivity contribution in [3.05, 3.63) is 11.6 Å². The average molecular weight is 661 g/mol. The van der Waals surface area contributed by atoms with E-state index in [1.807, 2.05) is 0 Å². The van der Waals surface area contributed by atoms with Gasteiger partial charge in [0.1, 0.15) is 18.3 Å². The highest BCUT2D eigenvalue weighted by Crippen LogP contribution is 2.76. The Balaban J connectivity index is 1.29. The Morgan fingerprint density at radius 1 is 0.809 bits per heavy atom. The van der Waals surface area contributed by atoms with Crippen LogP contribution < -0.4 is 0 Å². The molecule has 0 aromatic heterocycles. The molecule has 0 spiro atoms. The van der Waals surface area contributed by atoms with Crippen LogP contribution in [0.25, 0.3) is 0 Å². The van der Waals surface area contributed by atoms with E-state index in [-0.39, 0.29) is 45.1 Å². The minimum atomic E-state index is -1.61. The summed E-state index contributed by atoms with van der Waals surface area (Å²) in [7, 11) is 2.75. The number of carbonyl (C=O) groups is 2. The van der Waals surface area contributed by atoms with Gasteiger partial charge in [0, 0.05) is 0 Å². The van der Waals surface area contributed by atoms with Crippen LogP contribution in [-0.2, 0) is 28.5 Å². The monoisotopic (exact) mass is 660 g/mol. The van der Waals surface area contributed by atoms with Crippen LogP contribution in [0.15, 0.2) is 11.6 Å². The van der Waals surface area contributed by atoms with E-state index in [4.69, 9.17) is 18.9 Å². The molecule has 9 heteroatoms. The molecule has 1 aliphatic heterocycles. The summed E-state index contributed by atoms with van der Waals surface area (Å²) in [4.78, 5) is 25.9. The van der Waals surface area contributed by atoms with Crippen LogP contribution >= 0.6 is 0 Å². The van der Waals surface area contributed by atoms with E-state index in [1.54, 1.807) is 7.11 Å². The number of hydrogen-bond donors (Lipinski definition) is 3. The van der Waals surface area contributed by atoms with Crippen molar-refractivity contribution in [2.45, 2.75) is 149 Å². The Hall–Kier alpha value is -1.52. The number of esters is 2. The molecule has 5 aliphatic carbocycles. The van der Waals surface area contributed by atoms with Gasteiger partial charge < -0.3 is 34.3 Å².